The molecule has 1 nitrogen and oxygen atoms in total. The first kappa shape index (κ1) is 12.9. The van der Waals surface area contributed by atoms with Crippen LogP contribution in [0.3, 0.4) is 0 Å². The van der Waals surface area contributed by atoms with E-state index in [1.807, 2.05) is 0 Å². The van der Waals surface area contributed by atoms with Gasteiger partial charge in [-0.05, 0) is 30.4 Å². The van der Waals surface area contributed by atoms with E-state index in [0.29, 0.717) is 0 Å². The number of rotatable bonds is 4. The van der Waals surface area contributed by atoms with Gasteiger partial charge in [-0.2, -0.15) is 0 Å². The number of benzene rings is 1. The summed E-state index contributed by atoms with van der Waals surface area (Å²) in [6.07, 6.45) is 2.95. The zero-order valence-electron chi connectivity index (χ0n) is 7.99. The fraction of sp³-hybridized carbons (Fsp3) is 0.455. The molecule has 0 saturated heterocycles. The molecule has 1 aromatic rings. The Balaban J connectivity index is 0.00000144. The van der Waals surface area contributed by atoms with Gasteiger partial charge in [0.15, 0.2) is 0 Å². The predicted octanol–water partition coefficient (Wildman–Crippen LogP) is 2.17. The molecule has 0 amide bonds. The van der Waals surface area contributed by atoms with Crippen molar-refractivity contribution in [2.75, 3.05) is 6.61 Å². The van der Waals surface area contributed by atoms with Crippen molar-refractivity contribution < 1.29 is 26.2 Å². The van der Waals surface area contributed by atoms with Crippen LogP contribution in [0.25, 0.3) is 0 Å². The first-order chi connectivity index (χ1) is 5.86. The van der Waals surface area contributed by atoms with Gasteiger partial charge in [0.25, 0.3) is 0 Å². The first-order valence-corrected chi connectivity index (χ1v) is 4.55. The molecular formula is C11H16OW. The molecule has 13 heavy (non-hydrogen) atoms. The average molecular weight is 348 g/mol. The first-order valence-electron chi connectivity index (χ1n) is 4.55. The van der Waals surface area contributed by atoms with Crippen LogP contribution >= 0.6 is 0 Å². The van der Waals surface area contributed by atoms with Gasteiger partial charge >= 0.3 is 0 Å². The van der Waals surface area contributed by atoms with Crippen LogP contribution in [0.4, 0.5) is 0 Å². The molecule has 72 valence electrons. The quantitative estimate of drug-likeness (QED) is 0.885. The number of hydrogen-bond acceptors (Lipinski definition) is 1. The topological polar surface area (TPSA) is 20.2 Å². The Morgan fingerprint density at radius 3 is 2.08 bits per heavy atom. The molecule has 2 heteroatoms. The molecule has 0 radical (unpaired) electrons. The van der Waals surface area contributed by atoms with Crippen LogP contribution in [0.15, 0.2) is 24.3 Å². The third kappa shape index (κ3) is 4.59. The number of hydrogen-bond donors (Lipinski definition) is 1. The van der Waals surface area contributed by atoms with Crippen molar-refractivity contribution in [3.05, 3.63) is 35.4 Å². The van der Waals surface area contributed by atoms with Crippen molar-refractivity contribution in [2.24, 2.45) is 0 Å². The molecule has 0 aliphatic carbocycles. The minimum Gasteiger partial charge on any atom is -0.396 e. The maximum atomic E-state index is 8.63. The molecule has 0 heterocycles. The Labute approximate surface area is 94.4 Å². The third-order valence-corrected chi connectivity index (χ3v) is 2.05. The van der Waals surface area contributed by atoms with E-state index in [1.165, 1.54) is 11.1 Å². The Morgan fingerprint density at radius 2 is 1.62 bits per heavy atom. The van der Waals surface area contributed by atoms with Gasteiger partial charge in [-0.15, -0.1) is 0 Å². The molecule has 0 aromatic heterocycles. The fourth-order valence-electron chi connectivity index (χ4n) is 1.22. The van der Waals surface area contributed by atoms with E-state index in [-0.39, 0.29) is 27.7 Å². The van der Waals surface area contributed by atoms with Crippen LogP contribution in [0.1, 0.15) is 24.5 Å². The van der Waals surface area contributed by atoms with Crippen molar-refractivity contribution in [1.82, 2.24) is 0 Å². The zero-order valence-corrected chi connectivity index (χ0v) is 10.9. The molecule has 0 unspecified atom stereocenters. The molecule has 0 spiro atoms. The van der Waals surface area contributed by atoms with E-state index < -0.39 is 0 Å². The van der Waals surface area contributed by atoms with Gasteiger partial charge in [-0.1, -0.05) is 31.2 Å². The average Bonchev–Trinajstić information content (AvgIpc) is 2.15. The minimum absolute atomic E-state index is 0. The van der Waals surface area contributed by atoms with E-state index in [4.69, 9.17) is 5.11 Å². The second kappa shape index (κ2) is 7.29. The SMILES string of the molecule is CCc1ccc(CCCO)cc1.[W]. The molecular weight excluding hydrogens is 332 g/mol. The molecule has 0 aliphatic heterocycles. The molecule has 0 saturated carbocycles. The largest absolute Gasteiger partial charge is 0.396 e. The molecule has 0 atom stereocenters. The molecule has 1 N–H and O–H groups in total. The summed E-state index contributed by atoms with van der Waals surface area (Å²) in [7, 11) is 0. The zero-order chi connectivity index (χ0) is 8.81. The van der Waals surface area contributed by atoms with Crippen LogP contribution in [0, 0.1) is 0 Å². The number of aryl methyl sites for hydroxylation is 2. The third-order valence-electron chi connectivity index (χ3n) is 2.05. The van der Waals surface area contributed by atoms with Gasteiger partial charge in [-0.25, -0.2) is 0 Å². The van der Waals surface area contributed by atoms with Crippen LogP contribution in [0.2, 0.25) is 0 Å². The molecule has 0 bridgehead atoms. The van der Waals surface area contributed by atoms with Gasteiger partial charge in [-0.3, -0.25) is 0 Å². The smallest absolute Gasteiger partial charge is 0.0434 e. The summed E-state index contributed by atoms with van der Waals surface area (Å²) in [4.78, 5) is 0. The fourth-order valence-corrected chi connectivity index (χ4v) is 1.22. The summed E-state index contributed by atoms with van der Waals surface area (Å²) in [6, 6.07) is 8.61. The van der Waals surface area contributed by atoms with E-state index in [1.54, 1.807) is 0 Å². The summed E-state index contributed by atoms with van der Waals surface area (Å²) < 4.78 is 0. The van der Waals surface area contributed by atoms with Gasteiger partial charge in [0.05, 0.1) is 0 Å². The Kier molecular flexibility index (Phi) is 7.22. The summed E-state index contributed by atoms with van der Waals surface area (Å²) >= 11 is 0. The molecule has 0 fully saturated rings. The summed E-state index contributed by atoms with van der Waals surface area (Å²) in [5.74, 6) is 0. The Bertz CT molecular complexity index is 218. The minimum atomic E-state index is 0. The Morgan fingerprint density at radius 1 is 1.08 bits per heavy atom. The van der Waals surface area contributed by atoms with Crippen molar-refractivity contribution in [2.45, 2.75) is 26.2 Å². The maximum Gasteiger partial charge on any atom is 0.0434 e. The van der Waals surface area contributed by atoms with Crippen molar-refractivity contribution in [3.8, 4) is 0 Å². The van der Waals surface area contributed by atoms with E-state index in [9.17, 15) is 0 Å². The van der Waals surface area contributed by atoms with Crippen LogP contribution in [0.5, 0.6) is 0 Å². The van der Waals surface area contributed by atoms with E-state index in [2.05, 4.69) is 31.2 Å². The number of aliphatic hydroxyl groups is 1. The van der Waals surface area contributed by atoms with Gasteiger partial charge < -0.3 is 5.11 Å². The van der Waals surface area contributed by atoms with Crippen molar-refractivity contribution in [3.63, 3.8) is 0 Å². The van der Waals surface area contributed by atoms with Crippen molar-refractivity contribution in [1.29, 1.82) is 0 Å². The van der Waals surface area contributed by atoms with Crippen LogP contribution in [-0.4, -0.2) is 11.7 Å². The van der Waals surface area contributed by atoms with E-state index >= 15 is 0 Å². The van der Waals surface area contributed by atoms with Gasteiger partial charge in [0, 0.05) is 27.7 Å². The number of aliphatic hydroxyl groups excluding tert-OH is 1. The van der Waals surface area contributed by atoms with Gasteiger partial charge in [0.1, 0.15) is 0 Å². The monoisotopic (exact) mass is 348 g/mol. The second-order valence-electron chi connectivity index (χ2n) is 3.00. The van der Waals surface area contributed by atoms with E-state index in [0.717, 1.165) is 19.3 Å². The second-order valence-corrected chi connectivity index (χ2v) is 3.00. The Hall–Kier alpha value is -0.132. The molecule has 1 rings (SSSR count). The molecule has 0 aliphatic rings. The normalized spacial score (nSPS) is 9.38. The predicted molar refractivity (Wildman–Crippen MR) is 51.2 cm³/mol. The molecule has 1 aromatic carbocycles. The maximum absolute atomic E-state index is 8.63. The standard InChI is InChI=1S/C11H16O.W/c1-2-10-5-7-11(8-6-10)4-3-9-12;/h5-8,12H,2-4,9H2,1H3;. The summed E-state index contributed by atoms with van der Waals surface area (Å²) in [6.45, 7) is 2.44. The summed E-state index contributed by atoms with van der Waals surface area (Å²) in [5.41, 5.74) is 2.70. The van der Waals surface area contributed by atoms with Crippen LogP contribution in [-0.2, 0) is 33.9 Å². The van der Waals surface area contributed by atoms with Crippen molar-refractivity contribution >= 4 is 0 Å². The summed E-state index contributed by atoms with van der Waals surface area (Å²) in [5, 5.41) is 8.63. The van der Waals surface area contributed by atoms with Gasteiger partial charge in [0.2, 0.25) is 0 Å². The van der Waals surface area contributed by atoms with Crippen LogP contribution < -0.4 is 0 Å².